The predicted octanol–water partition coefficient (Wildman–Crippen LogP) is 4.38. The molecular formula is C15H18Cl3FN2S. The van der Waals surface area contributed by atoms with Gasteiger partial charge in [0.05, 0.1) is 6.04 Å². The normalized spacial score (nSPS) is 16.5. The molecule has 7 heteroatoms. The van der Waals surface area contributed by atoms with Gasteiger partial charge in [-0.15, -0.1) is 36.2 Å². The Balaban J connectivity index is 0.00000121. The third-order valence-corrected chi connectivity index (χ3v) is 4.84. The molecule has 1 aromatic heterocycles. The molecule has 0 bridgehead atoms. The van der Waals surface area contributed by atoms with Crippen molar-refractivity contribution in [2.24, 2.45) is 0 Å². The van der Waals surface area contributed by atoms with Crippen LogP contribution >= 0.6 is 47.8 Å². The molecule has 0 radical (unpaired) electrons. The summed E-state index contributed by atoms with van der Waals surface area (Å²) >= 11 is 8.00. The van der Waals surface area contributed by atoms with Crippen molar-refractivity contribution in [2.45, 2.75) is 6.04 Å². The van der Waals surface area contributed by atoms with Crippen molar-refractivity contribution >= 4 is 47.8 Å². The second kappa shape index (κ2) is 9.06. The van der Waals surface area contributed by atoms with Crippen LogP contribution in [0.2, 0.25) is 5.02 Å². The van der Waals surface area contributed by atoms with Gasteiger partial charge in [-0.3, -0.25) is 4.90 Å². The summed E-state index contributed by atoms with van der Waals surface area (Å²) in [5, 5.41) is 5.93. The number of nitrogens with one attached hydrogen (secondary N) is 1. The minimum Gasteiger partial charge on any atom is -0.314 e. The predicted molar refractivity (Wildman–Crippen MR) is 96.5 cm³/mol. The summed E-state index contributed by atoms with van der Waals surface area (Å²) in [6, 6.07) is 8.99. The first-order valence-electron chi connectivity index (χ1n) is 6.69. The highest BCUT2D eigenvalue weighted by Gasteiger charge is 2.26. The van der Waals surface area contributed by atoms with Gasteiger partial charge in [0, 0.05) is 36.1 Å². The summed E-state index contributed by atoms with van der Waals surface area (Å²) in [6.45, 7) is 3.88. The highest BCUT2D eigenvalue weighted by atomic mass is 35.5. The van der Waals surface area contributed by atoms with Gasteiger partial charge in [-0.25, -0.2) is 4.39 Å². The van der Waals surface area contributed by atoms with Gasteiger partial charge in [0.1, 0.15) is 5.82 Å². The van der Waals surface area contributed by atoms with E-state index >= 15 is 0 Å². The molecular weight excluding hydrogens is 366 g/mol. The highest BCUT2D eigenvalue weighted by Crippen LogP contribution is 2.36. The molecule has 1 N–H and O–H groups in total. The number of halogens is 4. The van der Waals surface area contributed by atoms with Crippen molar-refractivity contribution in [1.82, 2.24) is 10.2 Å². The minimum atomic E-state index is -0.288. The second-order valence-electron chi connectivity index (χ2n) is 4.87. The zero-order valence-electron chi connectivity index (χ0n) is 11.8. The van der Waals surface area contributed by atoms with E-state index < -0.39 is 0 Å². The average Bonchev–Trinajstić information content (AvgIpc) is 2.97. The summed E-state index contributed by atoms with van der Waals surface area (Å²) in [5.41, 5.74) is 0.984. The molecule has 0 spiro atoms. The number of benzene rings is 1. The van der Waals surface area contributed by atoms with E-state index in [9.17, 15) is 4.39 Å². The Kier molecular flexibility index (Phi) is 8.11. The van der Waals surface area contributed by atoms with E-state index in [-0.39, 0.29) is 36.7 Å². The monoisotopic (exact) mass is 382 g/mol. The first kappa shape index (κ1) is 19.7. The number of hydrogen-bond acceptors (Lipinski definition) is 3. The summed E-state index contributed by atoms with van der Waals surface area (Å²) in [5.74, 6) is -0.288. The molecule has 22 heavy (non-hydrogen) atoms. The molecule has 122 valence electrons. The molecule has 0 saturated carbocycles. The fraction of sp³-hybridized carbons (Fsp3) is 0.333. The van der Waals surface area contributed by atoms with Crippen molar-refractivity contribution in [3.63, 3.8) is 0 Å². The standard InChI is InChI=1S/C15H16ClFN2S.2ClH/c16-13-10-11(17)3-4-12(13)15(14-2-1-9-20-14)19-7-5-18-6-8-19;;/h1-4,9-10,15,18H,5-8H2;2*1H/t15-;;/m0../s1. The SMILES string of the molecule is Cl.Cl.Fc1ccc([C@@H](c2cccs2)N2CCNCC2)c(Cl)c1. The fourth-order valence-electron chi connectivity index (χ4n) is 2.64. The number of thiophene rings is 1. The fourth-order valence-corrected chi connectivity index (χ4v) is 3.79. The molecule has 1 fully saturated rings. The van der Waals surface area contributed by atoms with Crippen LogP contribution in [0.15, 0.2) is 35.7 Å². The first-order chi connectivity index (χ1) is 9.75. The molecule has 1 aliphatic rings. The molecule has 0 aliphatic carbocycles. The molecule has 1 atom stereocenters. The minimum absolute atomic E-state index is 0. The zero-order valence-corrected chi connectivity index (χ0v) is 15.0. The summed E-state index contributed by atoms with van der Waals surface area (Å²) in [6.07, 6.45) is 0. The molecule has 1 aromatic carbocycles. The molecule has 1 aliphatic heterocycles. The van der Waals surface area contributed by atoms with Crippen LogP contribution in [-0.2, 0) is 0 Å². The maximum absolute atomic E-state index is 13.3. The van der Waals surface area contributed by atoms with Crippen molar-refractivity contribution in [2.75, 3.05) is 26.2 Å². The Hall–Kier alpha value is -0.360. The van der Waals surface area contributed by atoms with Gasteiger partial charge in [0.15, 0.2) is 0 Å². The smallest absolute Gasteiger partial charge is 0.124 e. The summed E-state index contributed by atoms with van der Waals surface area (Å²) in [7, 11) is 0. The summed E-state index contributed by atoms with van der Waals surface area (Å²) < 4.78 is 13.3. The van der Waals surface area contributed by atoms with Gasteiger partial charge in [0.2, 0.25) is 0 Å². The van der Waals surface area contributed by atoms with Crippen LogP contribution in [-0.4, -0.2) is 31.1 Å². The molecule has 2 aromatic rings. The van der Waals surface area contributed by atoms with E-state index in [1.807, 2.05) is 12.1 Å². The molecule has 3 rings (SSSR count). The molecule has 1 saturated heterocycles. The van der Waals surface area contributed by atoms with Crippen molar-refractivity contribution in [3.8, 4) is 0 Å². The van der Waals surface area contributed by atoms with Crippen LogP contribution in [0.4, 0.5) is 4.39 Å². The third-order valence-electron chi connectivity index (χ3n) is 3.59. The van der Waals surface area contributed by atoms with Crippen molar-refractivity contribution in [3.05, 3.63) is 57.0 Å². The van der Waals surface area contributed by atoms with Gasteiger partial charge < -0.3 is 5.32 Å². The lowest BCUT2D eigenvalue weighted by Gasteiger charge is -2.35. The molecule has 2 heterocycles. The molecule has 0 amide bonds. The van der Waals surface area contributed by atoms with E-state index in [1.165, 1.54) is 17.0 Å². The zero-order chi connectivity index (χ0) is 13.9. The van der Waals surface area contributed by atoms with Crippen LogP contribution < -0.4 is 5.32 Å². The number of hydrogen-bond donors (Lipinski definition) is 1. The first-order valence-corrected chi connectivity index (χ1v) is 7.94. The van der Waals surface area contributed by atoms with E-state index in [0.29, 0.717) is 5.02 Å². The third kappa shape index (κ3) is 4.34. The van der Waals surface area contributed by atoms with Crippen molar-refractivity contribution < 1.29 is 4.39 Å². The van der Waals surface area contributed by atoms with Gasteiger partial charge in [-0.2, -0.15) is 0 Å². The van der Waals surface area contributed by atoms with Crippen LogP contribution in [0, 0.1) is 5.82 Å². The van der Waals surface area contributed by atoms with E-state index in [2.05, 4.69) is 21.7 Å². The highest BCUT2D eigenvalue weighted by molar-refractivity contribution is 7.10. The maximum atomic E-state index is 13.3. The quantitative estimate of drug-likeness (QED) is 0.846. The van der Waals surface area contributed by atoms with Gasteiger partial charge in [0.25, 0.3) is 0 Å². The molecule has 2 nitrogen and oxygen atoms in total. The topological polar surface area (TPSA) is 15.3 Å². The lowest BCUT2D eigenvalue weighted by molar-refractivity contribution is 0.200. The number of piperazine rings is 1. The average molecular weight is 384 g/mol. The van der Waals surface area contributed by atoms with Gasteiger partial charge in [-0.1, -0.05) is 23.7 Å². The number of rotatable bonds is 3. The Morgan fingerprint density at radius 1 is 1.18 bits per heavy atom. The summed E-state index contributed by atoms with van der Waals surface area (Å²) in [4.78, 5) is 3.65. The Labute approximate surface area is 151 Å². The lowest BCUT2D eigenvalue weighted by atomic mass is 10.0. The van der Waals surface area contributed by atoms with Crippen LogP contribution in [0.1, 0.15) is 16.5 Å². The maximum Gasteiger partial charge on any atom is 0.124 e. The Bertz CT molecular complexity index is 574. The van der Waals surface area contributed by atoms with Crippen LogP contribution in [0.5, 0.6) is 0 Å². The van der Waals surface area contributed by atoms with Crippen molar-refractivity contribution in [1.29, 1.82) is 0 Å². The lowest BCUT2D eigenvalue weighted by Crippen LogP contribution is -2.45. The van der Waals surface area contributed by atoms with Gasteiger partial charge >= 0.3 is 0 Å². The van der Waals surface area contributed by atoms with E-state index in [0.717, 1.165) is 31.7 Å². The van der Waals surface area contributed by atoms with Crippen LogP contribution in [0.3, 0.4) is 0 Å². The van der Waals surface area contributed by atoms with E-state index in [1.54, 1.807) is 11.3 Å². The largest absolute Gasteiger partial charge is 0.314 e. The van der Waals surface area contributed by atoms with E-state index in [4.69, 9.17) is 11.6 Å². The number of nitrogens with zero attached hydrogens (tertiary/aromatic N) is 1. The molecule has 0 unspecified atom stereocenters. The Morgan fingerprint density at radius 2 is 1.91 bits per heavy atom. The second-order valence-corrected chi connectivity index (χ2v) is 6.26. The van der Waals surface area contributed by atoms with Gasteiger partial charge in [-0.05, 0) is 29.1 Å². The Morgan fingerprint density at radius 3 is 2.50 bits per heavy atom. The van der Waals surface area contributed by atoms with Crippen LogP contribution in [0.25, 0.3) is 0 Å².